The molecular formula is C15H12ClN3O. The SMILES string of the molecule is Cn1cc(-c2cnc3ccc(CC(=O)Cl)cc3c2)cn1. The van der Waals surface area contributed by atoms with Crippen molar-refractivity contribution in [1.29, 1.82) is 0 Å². The monoisotopic (exact) mass is 285 g/mol. The Hall–Kier alpha value is -2.20. The van der Waals surface area contributed by atoms with Crippen LogP contribution in [0.15, 0.2) is 42.9 Å². The zero-order valence-corrected chi connectivity index (χ0v) is 11.6. The van der Waals surface area contributed by atoms with Crippen molar-refractivity contribution in [3.05, 3.63) is 48.4 Å². The third kappa shape index (κ3) is 2.56. The summed E-state index contributed by atoms with van der Waals surface area (Å²) in [4.78, 5) is 15.4. The van der Waals surface area contributed by atoms with Crippen LogP contribution >= 0.6 is 11.6 Å². The molecule has 20 heavy (non-hydrogen) atoms. The van der Waals surface area contributed by atoms with Gasteiger partial charge in [-0.1, -0.05) is 6.07 Å². The molecule has 0 atom stereocenters. The Morgan fingerprint density at radius 3 is 2.80 bits per heavy atom. The molecular weight excluding hydrogens is 274 g/mol. The lowest BCUT2D eigenvalue weighted by molar-refractivity contribution is -0.111. The molecule has 0 spiro atoms. The second kappa shape index (κ2) is 5.06. The Morgan fingerprint density at radius 2 is 2.10 bits per heavy atom. The highest BCUT2D eigenvalue weighted by Crippen LogP contribution is 2.23. The lowest BCUT2D eigenvalue weighted by Gasteiger charge is -2.03. The van der Waals surface area contributed by atoms with Gasteiger partial charge < -0.3 is 0 Å². The highest BCUT2D eigenvalue weighted by molar-refractivity contribution is 6.63. The van der Waals surface area contributed by atoms with Gasteiger partial charge in [0.05, 0.1) is 11.7 Å². The Balaban J connectivity index is 2.06. The van der Waals surface area contributed by atoms with Crippen molar-refractivity contribution in [3.8, 4) is 11.1 Å². The maximum atomic E-state index is 11.0. The summed E-state index contributed by atoms with van der Waals surface area (Å²) in [5.74, 6) is 0. The number of hydrogen-bond donors (Lipinski definition) is 0. The minimum absolute atomic E-state index is 0.231. The van der Waals surface area contributed by atoms with Crippen LogP contribution in [0.5, 0.6) is 0 Å². The first-order valence-corrected chi connectivity index (χ1v) is 6.56. The van der Waals surface area contributed by atoms with Crippen molar-refractivity contribution in [1.82, 2.24) is 14.8 Å². The van der Waals surface area contributed by atoms with Crippen LogP contribution in [0.25, 0.3) is 22.0 Å². The molecule has 0 bridgehead atoms. The van der Waals surface area contributed by atoms with Crippen molar-refractivity contribution in [2.45, 2.75) is 6.42 Å². The van der Waals surface area contributed by atoms with E-state index in [1.807, 2.05) is 43.7 Å². The predicted molar refractivity (Wildman–Crippen MR) is 78.5 cm³/mol. The molecule has 3 rings (SSSR count). The van der Waals surface area contributed by atoms with Crippen LogP contribution < -0.4 is 0 Å². The molecule has 0 aliphatic carbocycles. The number of aryl methyl sites for hydroxylation is 1. The summed E-state index contributed by atoms with van der Waals surface area (Å²) in [5, 5.41) is 4.78. The minimum Gasteiger partial charge on any atom is -0.281 e. The van der Waals surface area contributed by atoms with Crippen LogP contribution in [-0.2, 0) is 18.3 Å². The number of rotatable bonds is 3. The zero-order chi connectivity index (χ0) is 14.1. The largest absolute Gasteiger partial charge is 0.281 e. The summed E-state index contributed by atoms with van der Waals surface area (Å²) >= 11 is 5.43. The summed E-state index contributed by atoms with van der Waals surface area (Å²) in [5.41, 5.74) is 3.80. The Kier molecular flexibility index (Phi) is 3.24. The van der Waals surface area contributed by atoms with Crippen LogP contribution in [0.3, 0.4) is 0 Å². The smallest absolute Gasteiger partial charge is 0.226 e. The maximum absolute atomic E-state index is 11.0. The number of aromatic nitrogens is 3. The van der Waals surface area contributed by atoms with Gasteiger partial charge in [0.1, 0.15) is 0 Å². The van der Waals surface area contributed by atoms with E-state index >= 15 is 0 Å². The predicted octanol–water partition coefficient (Wildman–Crippen LogP) is 2.94. The lowest BCUT2D eigenvalue weighted by atomic mass is 10.1. The van der Waals surface area contributed by atoms with Gasteiger partial charge in [-0.15, -0.1) is 0 Å². The second-order valence-corrected chi connectivity index (χ2v) is 5.11. The van der Waals surface area contributed by atoms with E-state index in [1.165, 1.54) is 0 Å². The van der Waals surface area contributed by atoms with Gasteiger partial charge in [-0.25, -0.2) is 0 Å². The number of halogens is 1. The van der Waals surface area contributed by atoms with E-state index in [4.69, 9.17) is 11.6 Å². The lowest BCUT2D eigenvalue weighted by Crippen LogP contribution is -1.93. The molecule has 3 aromatic rings. The van der Waals surface area contributed by atoms with Crippen LogP contribution in [0.4, 0.5) is 0 Å². The van der Waals surface area contributed by atoms with E-state index < -0.39 is 0 Å². The second-order valence-electron chi connectivity index (χ2n) is 4.69. The highest BCUT2D eigenvalue weighted by atomic mass is 35.5. The first-order valence-electron chi connectivity index (χ1n) is 6.18. The fourth-order valence-corrected chi connectivity index (χ4v) is 2.33. The van der Waals surface area contributed by atoms with Crippen molar-refractivity contribution < 1.29 is 4.79 Å². The number of carbonyl (C=O) groups excluding carboxylic acids is 1. The van der Waals surface area contributed by atoms with Gasteiger partial charge in [-0.05, 0) is 35.4 Å². The number of fused-ring (bicyclic) bond motifs is 1. The first-order chi connectivity index (χ1) is 9.61. The van der Waals surface area contributed by atoms with Gasteiger partial charge >= 0.3 is 0 Å². The molecule has 4 nitrogen and oxygen atoms in total. The standard InChI is InChI=1S/C15H12ClN3O/c1-19-9-13(8-18-19)12-6-11-4-10(5-15(16)20)2-3-14(11)17-7-12/h2-4,6-9H,5H2,1H3. The Morgan fingerprint density at radius 1 is 1.25 bits per heavy atom. The van der Waals surface area contributed by atoms with E-state index in [0.29, 0.717) is 0 Å². The first kappa shape index (κ1) is 12.8. The number of hydrogen-bond acceptors (Lipinski definition) is 3. The van der Waals surface area contributed by atoms with Crippen molar-refractivity contribution in [3.63, 3.8) is 0 Å². The van der Waals surface area contributed by atoms with Crippen molar-refractivity contribution in [2.75, 3.05) is 0 Å². The molecule has 0 saturated carbocycles. The molecule has 0 aliphatic heterocycles. The average Bonchev–Trinajstić information content (AvgIpc) is 2.84. The molecule has 0 unspecified atom stereocenters. The normalized spacial score (nSPS) is 10.9. The average molecular weight is 286 g/mol. The van der Waals surface area contributed by atoms with E-state index in [9.17, 15) is 4.79 Å². The molecule has 1 aromatic carbocycles. The molecule has 0 N–H and O–H groups in total. The molecule has 0 saturated heterocycles. The summed E-state index contributed by atoms with van der Waals surface area (Å²) in [6, 6.07) is 7.76. The zero-order valence-electron chi connectivity index (χ0n) is 10.9. The van der Waals surface area contributed by atoms with E-state index in [2.05, 4.69) is 10.1 Å². The molecule has 0 fully saturated rings. The number of carbonyl (C=O) groups is 1. The topological polar surface area (TPSA) is 47.8 Å². The van der Waals surface area contributed by atoms with Gasteiger partial charge in [0.25, 0.3) is 0 Å². The van der Waals surface area contributed by atoms with E-state index in [1.54, 1.807) is 10.9 Å². The molecule has 2 aromatic heterocycles. The molecule has 0 amide bonds. The molecule has 0 radical (unpaired) electrons. The van der Waals surface area contributed by atoms with Gasteiger partial charge in [0, 0.05) is 42.4 Å². The van der Waals surface area contributed by atoms with Crippen LogP contribution in [-0.4, -0.2) is 20.0 Å². The van der Waals surface area contributed by atoms with Gasteiger partial charge in [-0.3, -0.25) is 14.5 Å². The molecule has 5 heteroatoms. The van der Waals surface area contributed by atoms with Gasteiger partial charge in [0.2, 0.25) is 5.24 Å². The number of pyridine rings is 1. The Bertz CT molecular complexity index is 795. The summed E-state index contributed by atoms with van der Waals surface area (Å²) in [7, 11) is 1.88. The summed E-state index contributed by atoms with van der Waals surface area (Å²) in [6.07, 6.45) is 5.80. The minimum atomic E-state index is -0.360. The number of benzene rings is 1. The third-order valence-electron chi connectivity index (χ3n) is 3.13. The molecule has 100 valence electrons. The summed E-state index contributed by atoms with van der Waals surface area (Å²) in [6.45, 7) is 0. The van der Waals surface area contributed by atoms with Crippen LogP contribution in [0.1, 0.15) is 5.56 Å². The summed E-state index contributed by atoms with van der Waals surface area (Å²) < 4.78 is 1.75. The van der Waals surface area contributed by atoms with Gasteiger partial charge in [-0.2, -0.15) is 5.10 Å². The third-order valence-corrected chi connectivity index (χ3v) is 3.26. The van der Waals surface area contributed by atoms with Crippen LogP contribution in [0, 0.1) is 0 Å². The molecule has 2 heterocycles. The fourth-order valence-electron chi connectivity index (χ4n) is 2.18. The quantitative estimate of drug-likeness (QED) is 0.695. The maximum Gasteiger partial charge on any atom is 0.226 e. The van der Waals surface area contributed by atoms with Crippen LogP contribution in [0.2, 0.25) is 0 Å². The molecule has 0 aliphatic rings. The highest BCUT2D eigenvalue weighted by Gasteiger charge is 2.05. The van der Waals surface area contributed by atoms with E-state index in [0.717, 1.165) is 27.6 Å². The van der Waals surface area contributed by atoms with Crippen molar-refractivity contribution in [2.24, 2.45) is 7.05 Å². The Labute approximate surface area is 121 Å². The number of nitrogens with zero attached hydrogens (tertiary/aromatic N) is 3. The van der Waals surface area contributed by atoms with Crippen molar-refractivity contribution >= 4 is 27.7 Å². The fraction of sp³-hybridized carbons (Fsp3) is 0.133. The van der Waals surface area contributed by atoms with E-state index in [-0.39, 0.29) is 11.7 Å². The van der Waals surface area contributed by atoms with Gasteiger partial charge in [0.15, 0.2) is 0 Å².